The van der Waals surface area contributed by atoms with Crippen molar-refractivity contribution >= 4 is 0 Å². The summed E-state index contributed by atoms with van der Waals surface area (Å²) >= 11 is 0. The molecule has 0 N–H and O–H groups in total. The highest BCUT2D eigenvalue weighted by Gasteiger charge is 2.09. The molecule has 0 spiro atoms. The maximum atomic E-state index is 12.4. The van der Waals surface area contributed by atoms with Crippen molar-refractivity contribution in [1.29, 1.82) is 0 Å². The van der Waals surface area contributed by atoms with Crippen LogP contribution in [0.4, 0.5) is 0 Å². The first kappa shape index (κ1) is 21.2. The van der Waals surface area contributed by atoms with E-state index in [9.17, 15) is 4.79 Å². The number of hydrogen-bond donors (Lipinski definition) is 0. The molecule has 170 valence electrons. The molecule has 1 aromatic carbocycles. The van der Waals surface area contributed by atoms with Crippen LogP contribution in [-0.4, -0.2) is 39.7 Å². The fourth-order valence-corrected chi connectivity index (χ4v) is 3.34. The van der Waals surface area contributed by atoms with Gasteiger partial charge in [-0.2, -0.15) is 15.2 Å². The van der Waals surface area contributed by atoms with Gasteiger partial charge in [0, 0.05) is 38.2 Å². The smallest absolute Gasteiger partial charge is 0.223 e. The van der Waals surface area contributed by atoms with E-state index in [4.69, 9.17) is 9.26 Å². The highest BCUT2D eigenvalue weighted by molar-refractivity contribution is 5.56. The van der Waals surface area contributed by atoms with Gasteiger partial charge >= 0.3 is 0 Å². The molecule has 0 saturated carbocycles. The largest absolute Gasteiger partial charge is 0.482 e. The number of aryl methyl sites for hydroxylation is 2. The monoisotopic (exact) mass is 456 g/mol. The van der Waals surface area contributed by atoms with E-state index in [0.717, 1.165) is 16.8 Å². The lowest BCUT2D eigenvalue weighted by Crippen LogP contribution is -2.16. The van der Waals surface area contributed by atoms with E-state index >= 15 is 0 Å². The Labute approximate surface area is 193 Å². The summed E-state index contributed by atoms with van der Waals surface area (Å²) in [5.41, 5.74) is 2.83. The summed E-state index contributed by atoms with van der Waals surface area (Å²) in [4.78, 5) is 25.3. The lowest BCUT2D eigenvalue weighted by atomic mass is 10.1. The minimum Gasteiger partial charge on any atom is -0.482 e. The van der Waals surface area contributed by atoms with E-state index in [1.54, 1.807) is 41.1 Å². The molecule has 0 atom stereocenters. The topological polar surface area (TPSA) is 127 Å². The van der Waals surface area contributed by atoms with Crippen molar-refractivity contribution < 1.29 is 9.26 Å². The van der Waals surface area contributed by atoms with E-state index in [2.05, 4.69) is 30.3 Å². The van der Waals surface area contributed by atoms with Crippen molar-refractivity contribution in [3.63, 3.8) is 0 Å². The van der Waals surface area contributed by atoms with Crippen LogP contribution in [0, 0.1) is 6.92 Å². The zero-order chi connectivity index (χ0) is 23.5. The van der Waals surface area contributed by atoms with E-state index < -0.39 is 0 Å². The predicted octanol–water partition coefficient (Wildman–Crippen LogP) is 2.28. The molecule has 11 nitrogen and oxygen atoms in total. The van der Waals surface area contributed by atoms with Gasteiger partial charge in [-0.15, -0.1) is 0 Å². The SMILES string of the molecule is Cc1nc(COc2cnc(-c3cccc(Cc4nn(-c5cnn(C)c5)ccc4=O)c3)nc2)no1. The predicted molar refractivity (Wildman–Crippen MR) is 120 cm³/mol. The minimum atomic E-state index is -0.125. The third-order valence-electron chi connectivity index (χ3n) is 4.96. The fraction of sp³-hybridized carbons (Fsp3) is 0.174. The first-order valence-corrected chi connectivity index (χ1v) is 10.4. The second kappa shape index (κ2) is 9.06. The van der Waals surface area contributed by atoms with Crippen LogP contribution in [0.25, 0.3) is 17.1 Å². The summed E-state index contributed by atoms with van der Waals surface area (Å²) in [5, 5.41) is 12.4. The van der Waals surface area contributed by atoms with Gasteiger partial charge in [0.25, 0.3) is 0 Å². The summed E-state index contributed by atoms with van der Waals surface area (Å²) in [6.07, 6.45) is 8.71. The highest BCUT2D eigenvalue weighted by atomic mass is 16.5. The zero-order valence-corrected chi connectivity index (χ0v) is 18.5. The Balaban J connectivity index is 1.31. The third-order valence-corrected chi connectivity index (χ3v) is 4.96. The van der Waals surface area contributed by atoms with Crippen molar-refractivity contribution in [3.8, 4) is 22.8 Å². The molecule has 0 saturated heterocycles. The van der Waals surface area contributed by atoms with Gasteiger partial charge in [-0.05, 0) is 11.6 Å². The third kappa shape index (κ3) is 4.72. The van der Waals surface area contributed by atoms with Crippen molar-refractivity contribution in [2.75, 3.05) is 0 Å². The summed E-state index contributed by atoms with van der Waals surface area (Å²) in [7, 11) is 1.83. The second-order valence-corrected chi connectivity index (χ2v) is 7.58. The van der Waals surface area contributed by atoms with Gasteiger partial charge in [-0.25, -0.2) is 14.6 Å². The van der Waals surface area contributed by atoms with Crippen LogP contribution in [0.15, 0.2) is 70.6 Å². The van der Waals surface area contributed by atoms with Crippen LogP contribution in [0.2, 0.25) is 0 Å². The van der Waals surface area contributed by atoms with Crippen LogP contribution in [0.1, 0.15) is 23.0 Å². The normalized spacial score (nSPS) is 11.0. The molecule has 5 rings (SSSR count). The molecule has 0 radical (unpaired) electrons. The number of rotatable bonds is 7. The number of hydrogen-bond acceptors (Lipinski definition) is 9. The average molecular weight is 456 g/mol. The number of aromatic nitrogens is 8. The van der Waals surface area contributed by atoms with Gasteiger partial charge in [-0.3, -0.25) is 9.48 Å². The van der Waals surface area contributed by atoms with Crippen molar-refractivity contribution in [2.24, 2.45) is 7.05 Å². The lowest BCUT2D eigenvalue weighted by Gasteiger charge is -2.07. The Bertz CT molecular complexity index is 1490. The van der Waals surface area contributed by atoms with Crippen LogP contribution in [0.3, 0.4) is 0 Å². The Morgan fingerprint density at radius 2 is 1.97 bits per heavy atom. The maximum absolute atomic E-state index is 12.4. The van der Waals surface area contributed by atoms with E-state index in [1.165, 1.54) is 6.07 Å². The van der Waals surface area contributed by atoms with Crippen molar-refractivity contribution in [3.05, 3.63) is 94.5 Å². The molecule has 0 fully saturated rings. The highest BCUT2D eigenvalue weighted by Crippen LogP contribution is 2.19. The van der Waals surface area contributed by atoms with Crippen LogP contribution >= 0.6 is 0 Å². The molecule has 4 aromatic heterocycles. The quantitative estimate of drug-likeness (QED) is 0.362. The molecule has 0 aliphatic heterocycles. The molecular weight excluding hydrogens is 436 g/mol. The molecule has 11 heteroatoms. The first-order chi connectivity index (χ1) is 16.5. The van der Waals surface area contributed by atoms with Crippen LogP contribution in [-0.2, 0) is 20.1 Å². The summed E-state index contributed by atoms with van der Waals surface area (Å²) in [5.74, 6) is 1.96. The van der Waals surface area contributed by atoms with Gasteiger partial charge in [0.1, 0.15) is 11.4 Å². The summed E-state index contributed by atoms with van der Waals surface area (Å²) in [6.45, 7) is 1.88. The first-order valence-electron chi connectivity index (χ1n) is 10.4. The van der Waals surface area contributed by atoms with Gasteiger partial charge in [0.15, 0.2) is 18.2 Å². The molecule has 0 unspecified atom stereocenters. The Morgan fingerprint density at radius 1 is 1.12 bits per heavy atom. The summed E-state index contributed by atoms with van der Waals surface area (Å²) in [6, 6.07) is 9.21. The van der Waals surface area contributed by atoms with Gasteiger partial charge in [0.2, 0.25) is 17.1 Å². The molecular formula is C23H20N8O3. The number of ether oxygens (including phenoxy) is 1. The molecule has 0 amide bonds. The minimum absolute atomic E-state index is 0.125. The van der Waals surface area contributed by atoms with Crippen LogP contribution < -0.4 is 10.2 Å². The molecule has 0 bridgehead atoms. The Morgan fingerprint density at radius 3 is 2.71 bits per heavy atom. The standard InChI is InChI=1S/C23H20N8O3/c1-15-27-22(29-34-15)14-33-19-11-24-23(25-12-19)17-5-3-4-16(8-17)9-20-21(32)6-7-31(28-20)18-10-26-30(2)13-18/h3-8,10-13H,9,14H2,1-2H3. The van der Waals surface area contributed by atoms with Gasteiger partial charge < -0.3 is 9.26 Å². The van der Waals surface area contributed by atoms with Gasteiger partial charge in [-0.1, -0.05) is 23.4 Å². The molecule has 34 heavy (non-hydrogen) atoms. The van der Waals surface area contributed by atoms with Gasteiger partial charge in [0.05, 0.1) is 24.8 Å². The maximum Gasteiger partial charge on any atom is 0.223 e. The molecule has 0 aliphatic carbocycles. The Kier molecular flexibility index (Phi) is 5.65. The molecule has 4 heterocycles. The van der Waals surface area contributed by atoms with Crippen molar-refractivity contribution in [1.82, 2.24) is 39.7 Å². The molecule has 0 aliphatic rings. The lowest BCUT2D eigenvalue weighted by molar-refractivity contribution is 0.283. The van der Waals surface area contributed by atoms with E-state index in [1.807, 2.05) is 37.5 Å². The van der Waals surface area contributed by atoms with E-state index in [0.29, 0.717) is 35.4 Å². The zero-order valence-electron chi connectivity index (χ0n) is 18.5. The van der Waals surface area contributed by atoms with Crippen LogP contribution in [0.5, 0.6) is 5.75 Å². The average Bonchev–Trinajstić information content (AvgIpc) is 3.47. The van der Waals surface area contributed by atoms with E-state index in [-0.39, 0.29) is 12.0 Å². The molecule has 5 aromatic rings. The Hall–Kier alpha value is -4.67. The fourth-order valence-electron chi connectivity index (χ4n) is 3.34. The number of nitrogens with zero attached hydrogens (tertiary/aromatic N) is 8. The summed E-state index contributed by atoms with van der Waals surface area (Å²) < 4.78 is 13.8. The second-order valence-electron chi connectivity index (χ2n) is 7.58. The number of benzene rings is 1. The van der Waals surface area contributed by atoms with Crippen molar-refractivity contribution in [2.45, 2.75) is 20.0 Å².